The normalized spacial score (nSPS) is 10.3. The molecule has 0 unspecified atom stereocenters. The lowest BCUT2D eigenvalue weighted by Crippen LogP contribution is -1.97. The SMILES string of the molecule is COc1cccc(CSc2cc(C(=O)O)ccc2F)n1. The predicted octanol–water partition coefficient (Wildman–Crippen LogP) is 3.22. The van der Waals surface area contributed by atoms with Gasteiger partial charge < -0.3 is 9.84 Å². The minimum absolute atomic E-state index is 0.0625. The zero-order valence-electron chi connectivity index (χ0n) is 10.7. The molecule has 0 saturated carbocycles. The summed E-state index contributed by atoms with van der Waals surface area (Å²) in [6, 6.07) is 9.04. The molecule has 0 aliphatic carbocycles. The Balaban J connectivity index is 2.13. The third-order valence-corrected chi connectivity index (χ3v) is 3.61. The predicted molar refractivity (Wildman–Crippen MR) is 73.7 cm³/mol. The number of thioether (sulfide) groups is 1. The molecule has 0 aliphatic rings. The molecule has 0 spiro atoms. The number of pyridine rings is 1. The summed E-state index contributed by atoms with van der Waals surface area (Å²) in [6.45, 7) is 0. The molecule has 1 heterocycles. The van der Waals surface area contributed by atoms with Crippen LogP contribution in [0.1, 0.15) is 16.1 Å². The van der Waals surface area contributed by atoms with Crippen molar-refractivity contribution in [1.29, 1.82) is 0 Å². The summed E-state index contributed by atoms with van der Waals surface area (Å²) in [7, 11) is 1.52. The second-order valence-corrected chi connectivity index (χ2v) is 4.93. The molecular weight excluding hydrogens is 281 g/mol. The number of rotatable bonds is 5. The molecule has 20 heavy (non-hydrogen) atoms. The van der Waals surface area contributed by atoms with Crippen molar-refractivity contribution < 1.29 is 19.0 Å². The van der Waals surface area contributed by atoms with Gasteiger partial charge in [0.15, 0.2) is 0 Å². The summed E-state index contributed by atoms with van der Waals surface area (Å²) >= 11 is 1.19. The van der Waals surface area contributed by atoms with E-state index in [9.17, 15) is 9.18 Å². The molecule has 6 heteroatoms. The van der Waals surface area contributed by atoms with Gasteiger partial charge in [-0.05, 0) is 24.3 Å². The number of methoxy groups -OCH3 is 1. The van der Waals surface area contributed by atoms with E-state index in [1.165, 1.54) is 31.0 Å². The molecule has 1 aromatic heterocycles. The van der Waals surface area contributed by atoms with E-state index >= 15 is 0 Å². The standard InChI is InChI=1S/C14H12FNO3S/c1-19-13-4-2-3-10(16-13)8-20-12-7-9(14(17)18)5-6-11(12)15/h2-7H,8H2,1H3,(H,17,18). The molecule has 104 valence electrons. The van der Waals surface area contributed by atoms with Crippen LogP contribution >= 0.6 is 11.8 Å². The van der Waals surface area contributed by atoms with E-state index in [0.29, 0.717) is 11.6 Å². The van der Waals surface area contributed by atoms with Crippen LogP contribution in [0.2, 0.25) is 0 Å². The lowest BCUT2D eigenvalue weighted by atomic mass is 10.2. The Labute approximate surface area is 119 Å². The molecule has 2 aromatic rings. The largest absolute Gasteiger partial charge is 0.481 e. The molecule has 4 nitrogen and oxygen atoms in total. The number of carbonyl (C=O) groups is 1. The number of carboxylic acid groups (broad SMARTS) is 1. The van der Waals surface area contributed by atoms with Crippen LogP contribution in [0.3, 0.4) is 0 Å². The maximum atomic E-state index is 13.6. The Kier molecular flexibility index (Phi) is 4.57. The number of aromatic carboxylic acids is 1. The van der Waals surface area contributed by atoms with Gasteiger partial charge in [0, 0.05) is 16.7 Å². The fourth-order valence-corrected chi connectivity index (χ4v) is 2.43. The van der Waals surface area contributed by atoms with Gasteiger partial charge in [0.2, 0.25) is 5.88 Å². The van der Waals surface area contributed by atoms with Crippen LogP contribution in [0.15, 0.2) is 41.3 Å². The minimum Gasteiger partial charge on any atom is -0.481 e. The number of halogens is 1. The fourth-order valence-electron chi connectivity index (χ4n) is 1.55. The Morgan fingerprint density at radius 3 is 2.90 bits per heavy atom. The number of nitrogens with zero attached hydrogens (tertiary/aromatic N) is 1. The third-order valence-electron chi connectivity index (χ3n) is 2.54. The molecule has 0 fully saturated rings. The maximum Gasteiger partial charge on any atom is 0.335 e. The molecule has 0 amide bonds. The van der Waals surface area contributed by atoms with Gasteiger partial charge in [0.25, 0.3) is 0 Å². The molecule has 1 N–H and O–H groups in total. The molecular formula is C14H12FNO3S. The summed E-state index contributed by atoms with van der Waals surface area (Å²) in [4.78, 5) is 15.4. The van der Waals surface area contributed by atoms with Crippen LogP contribution in [0.25, 0.3) is 0 Å². The lowest BCUT2D eigenvalue weighted by Gasteiger charge is -2.05. The summed E-state index contributed by atoms with van der Waals surface area (Å²) in [6.07, 6.45) is 0. The van der Waals surface area contributed by atoms with E-state index < -0.39 is 11.8 Å². The Hall–Kier alpha value is -2.08. The van der Waals surface area contributed by atoms with Gasteiger partial charge in [-0.3, -0.25) is 0 Å². The van der Waals surface area contributed by atoms with E-state index in [1.807, 2.05) is 0 Å². The van der Waals surface area contributed by atoms with E-state index in [1.54, 1.807) is 18.2 Å². The first kappa shape index (κ1) is 14.3. The van der Waals surface area contributed by atoms with Crippen molar-refractivity contribution in [1.82, 2.24) is 4.98 Å². The van der Waals surface area contributed by atoms with Crippen LogP contribution in [-0.2, 0) is 5.75 Å². The minimum atomic E-state index is -1.08. The molecule has 1 aromatic carbocycles. The van der Waals surface area contributed by atoms with Crippen molar-refractivity contribution in [2.24, 2.45) is 0 Å². The van der Waals surface area contributed by atoms with Crippen molar-refractivity contribution in [3.05, 3.63) is 53.5 Å². The number of aromatic nitrogens is 1. The van der Waals surface area contributed by atoms with Gasteiger partial charge >= 0.3 is 5.97 Å². The highest BCUT2D eigenvalue weighted by Gasteiger charge is 2.09. The number of carboxylic acids is 1. The van der Waals surface area contributed by atoms with Crippen LogP contribution in [0.4, 0.5) is 4.39 Å². The number of ether oxygens (including phenoxy) is 1. The monoisotopic (exact) mass is 293 g/mol. The molecule has 0 aliphatic heterocycles. The quantitative estimate of drug-likeness (QED) is 0.858. The Bertz CT molecular complexity index is 634. The van der Waals surface area contributed by atoms with Gasteiger partial charge in [0.1, 0.15) is 5.82 Å². The maximum absolute atomic E-state index is 13.6. The smallest absolute Gasteiger partial charge is 0.335 e. The zero-order valence-corrected chi connectivity index (χ0v) is 11.5. The zero-order chi connectivity index (χ0) is 14.5. The summed E-state index contributed by atoms with van der Waals surface area (Å²) < 4.78 is 18.6. The number of benzene rings is 1. The highest BCUT2D eigenvalue weighted by atomic mass is 32.2. The average Bonchev–Trinajstić information content (AvgIpc) is 2.46. The van der Waals surface area contributed by atoms with Gasteiger partial charge in [-0.2, -0.15) is 0 Å². The molecule has 2 rings (SSSR count). The topological polar surface area (TPSA) is 59.4 Å². The molecule has 0 saturated heterocycles. The first-order valence-corrected chi connectivity index (χ1v) is 6.74. The van der Waals surface area contributed by atoms with Crippen LogP contribution in [-0.4, -0.2) is 23.2 Å². The van der Waals surface area contributed by atoms with Crippen molar-refractivity contribution >= 4 is 17.7 Å². The molecule has 0 atom stereocenters. The van der Waals surface area contributed by atoms with Crippen LogP contribution in [0, 0.1) is 5.82 Å². The number of hydrogen-bond acceptors (Lipinski definition) is 4. The second kappa shape index (κ2) is 6.38. The van der Waals surface area contributed by atoms with Gasteiger partial charge in [-0.15, -0.1) is 11.8 Å². The van der Waals surface area contributed by atoms with Crippen molar-refractivity contribution in [2.75, 3.05) is 7.11 Å². The first-order chi connectivity index (χ1) is 9.60. The van der Waals surface area contributed by atoms with E-state index in [0.717, 1.165) is 11.8 Å². The van der Waals surface area contributed by atoms with E-state index in [2.05, 4.69) is 4.98 Å². The van der Waals surface area contributed by atoms with E-state index in [-0.39, 0.29) is 10.5 Å². The van der Waals surface area contributed by atoms with Crippen LogP contribution in [0.5, 0.6) is 5.88 Å². The lowest BCUT2D eigenvalue weighted by molar-refractivity contribution is 0.0696. The molecule has 0 radical (unpaired) electrons. The Morgan fingerprint density at radius 1 is 1.40 bits per heavy atom. The average molecular weight is 293 g/mol. The summed E-state index contributed by atoms with van der Waals surface area (Å²) in [5.74, 6) is -0.603. The third kappa shape index (κ3) is 3.48. The highest BCUT2D eigenvalue weighted by Crippen LogP contribution is 2.26. The van der Waals surface area contributed by atoms with E-state index in [4.69, 9.17) is 9.84 Å². The fraction of sp³-hybridized carbons (Fsp3) is 0.143. The van der Waals surface area contributed by atoms with Gasteiger partial charge in [-0.1, -0.05) is 6.07 Å². The van der Waals surface area contributed by atoms with Crippen molar-refractivity contribution in [3.63, 3.8) is 0 Å². The van der Waals surface area contributed by atoms with Crippen LogP contribution < -0.4 is 4.74 Å². The Morgan fingerprint density at radius 2 is 2.20 bits per heavy atom. The van der Waals surface area contributed by atoms with Gasteiger partial charge in [-0.25, -0.2) is 14.2 Å². The van der Waals surface area contributed by atoms with Crippen molar-refractivity contribution in [2.45, 2.75) is 10.6 Å². The molecule has 0 bridgehead atoms. The van der Waals surface area contributed by atoms with Gasteiger partial charge in [0.05, 0.1) is 18.4 Å². The highest BCUT2D eigenvalue weighted by molar-refractivity contribution is 7.98. The van der Waals surface area contributed by atoms with Crippen molar-refractivity contribution in [3.8, 4) is 5.88 Å². The first-order valence-electron chi connectivity index (χ1n) is 5.75. The second-order valence-electron chi connectivity index (χ2n) is 3.91. The summed E-state index contributed by atoms with van der Waals surface area (Å²) in [5.41, 5.74) is 0.793. The number of hydrogen-bond donors (Lipinski definition) is 1. The summed E-state index contributed by atoms with van der Waals surface area (Å²) in [5, 5.41) is 8.89.